The average Bonchev–Trinajstić information content (AvgIpc) is 2.67. The molecule has 0 atom stereocenters. The first kappa shape index (κ1) is 22.1. The van der Waals surface area contributed by atoms with Gasteiger partial charge in [-0.1, -0.05) is 29.3 Å². The van der Waals surface area contributed by atoms with Crippen molar-refractivity contribution in [2.45, 2.75) is 18.7 Å². The number of hydrogen-bond acceptors (Lipinski definition) is 4. The topological polar surface area (TPSA) is 69.7 Å². The monoisotopic (exact) mass is 455 g/mol. The number of anilines is 1. The van der Waals surface area contributed by atoms with Crippen molar-refractivity contribution in [3.63, 3.8) is 0 Å². The van der Waals surface area contributed by atoms with Crippen LogP contribution < -0.4 is 5.32 Å². The summed E-state index contributed by atoms with van der Waals surface area (Å²) in [6.45, 7) is 5.69. The molecule has 0 bridgehead atoms. The van der Waals surface area contributed by atoms with Gasteiger partial charge in [0.05, 0.1) is 21.5 Å². The van der Waals surface area contributed by atoms with Gasteiger partial charge in [0.2, 0.25) is 15.9 Å². The fraction of sp³-hybridized carbons (Fsp3) is 0.350. The third-order valence-corrected chi connectivity index (χ3v) is 7.65. The number of aryl methyl sites for hydroxylation is 2. The molecule has 0 aliphatic carbocycles. The van der Waals surface area contributed by atoms with E-state index in [0.717, 1.165) is 11.1 Å². The van der Waals surface area contributed by atoms with E-state index in [1.807, 2.05) is 24.8 Å². The minimum absolute atomic E-state index is 0.178. The summed E-state index contributed by atoms with van der Waals surface area (Å²) in [6.07, 6.45) is 0. The van der Waals surface area contributed by atoms with E-state index in [0.29, 0.717) is 46.8 Å². The van der Waals surface area contributed by atoms with Gasteiger partial charge in [0.1, 0.15) is 0 Å². The summed E-state index contributed by atoms with van der Waals surface area (Å²) < 4.78 is 27.2. The molecule has 1 N–H and O–H groups in total. The van der Waals surface area contributed by atoms with Crippen LogP contribution in [0.2, 0.25) is 10.0 Å². The molecule has 0 spiro atoms. The summed E-state index contributed by atoms with van der Waals surface area (Å²) in [5.74, 6) is -0.186. The van der Waals surface area contributed by atoms with Crippen LogP contribution >= 0.6 is 23.2 Å². The molecule has 2 aromatic rings. The lowest BCUT2D eigenvalue weighted by Gasteiger charge is -2.33. The first-order valence-corrected chi connectivity index (χ1v) is 11.4. The van der Waals surface area contributed by atoms with E-state index in [4.69, 9.17) is 23.2 Å². The molecule has 1 saturated heterocycles. The SMILES string of the molecule is Cc1ccc(S(=O)(=O)N2CCN(CC(=O)Nc3ccc(Cl)c(Cl)c3)CC2)cc1C. The van der Waals surface area contributed by atoms with Crippen molar-refractivity contribution in [2.24, 2.45) is 0 Å². The molecule has 0 unspecified atom stereocenters. The molecule has 1 aliphatic rings. The summed E-state index contributed by atoms with van der Waals surface area (Å²) >= 11 is 11.8. The molecule has 0 radical (unpaired) electrons. The molecule has 1 amide bonds. The molecule has 29 heavy (non-hydrogen) atoms. The van der Waals surface area contributed by atoms with Crippen molar-refractivity contribution >= 4 is 44.8 Å². The molecule has 1 heterocycles. The van der Waals surface area contributed by atoms with Gasteiger partial charge < -0.3 is 5.32 Å². The molecule has 9 heteroatoms. The number of halogens is 2. The van der Waals surface area contributed by atoms with Crippen LogP contribution in [0.25, 0.3) is 0 Å². The zero-order valence-electron chi connectivity index (χ0n) is 16.3. The highest BCUT2D eigenvalue weighted by atomic mass is 35.5. The van der Waals surface area contributed by atoms with E-state index in [1.54, 1.807) is 30.3 Å². The molecule has 0 saturated carbocycles. The van der Waals surface area contributed by atoms with Gasteiger partial charge >= 0.3 is 0 Å². The van der Waals surface area contributed by atoms with Crippen molar-refractivity contribution in [3.05, 3.63) is 57.6 Å². The van der Waals surface area contributed by atoms with Gasteiger partial charge in [-0.15, -0.1) is 0 Å². The minimum atomic E-state index is -3.53. The Morgan fingerprint density at radius 3 is 2.28 bits per heavy atom. The fourth-order valence-electron chi connectivity index (χ4n) is 3.13. The zero-order valence-corrected chi connectivity index (χ0v) is 18.6. The second-order valence-electron chi connectivity index (χ2n) is 7.10. The van der Waals surface area contributed by atoms with Crippen LogP contribution in [0.1, 0.15) is 11.1 Å². The summed E-state index contributed by atoms with van der Waals surface area (Å²) in [4.78, 5) is 14.5. The lowest BCUT2D eigenvalue weighted by molar-refractivity contribution is -0.117. The number of amides is 1. The van der Waals surface area contributed by atoms with Gasteiger partial charge in [-0.2, -0.15) is 4.31 Å². The first-order valence-electron chi connectivity index (χ1n) is 9.21. The van der Waals surface area contributed by atoms with Crippen molar-refractivity contribution in [1.29, 1.82) is 0 Å². The number of carbonyl (C=O) groups is 1. The number of carbonyl (C=O) groups excluding carboxylic acids is 1. The second-order valence-corrected chi connectivity index (χ2v) is 9.86. The number of nitrogens with one attached hydrogen (secondary N) is 1. The first-order chi connectivity index (χ1) is 13.7. The van der Waals surface area contributed by atoms with Crippen molar-refractivity contribution in [1.82, 2.24) is 9.21 Å². The van der Waals surface area contributed by atoms with Crippen LogP contribution in [0.5, 0.6) is 0 Å². The van der Waals surface area contributed by atoms with E-state index in [2.05, 4.69) is 5.32 Å². The number of nitrogens with zero attached hydrogens (tertiary/aromatic N) is 2. The van der Waals surface area contributed by atoms with E-state index in [9.17, 15) is 13.2 Å². The maximum atomic E-state index is 12.9. The van der Waals surface area contributed by atoms with Crippen molar-refractivity contribution < 1.29 is 13.2 Å². The van der Waals surface area contributed by atoms with Crippen LogP contribution in [-0.4, -0.2) is 56.3 Å². The lowest BCUT2D eigenvalue weighted by atomic mass is 10.1. The zero-order chi connectivity index (χ0) is 21.2. The predicted molar refractivity (Wildman–Crippen MR) is 116 cm³/mol. The van der Waals surface area contributed by atoms with E-state index >= 15 is 0 Å². The summed E-state index contributed by atoms with van der Waals surface area (Å²) in [5, 5.41) is 3.57. The maximum Gasteiger partial charge on any atom is 0.243 e. The van der Waals surface area contributed by atoms with E-state index in [-0.39, 0.29) is 12.5 Å². The molecule has 6 nitrogen and oxygen atoms in total. The Kier molecular flexibility index (Phi) is 6.86. The smallest absolute Gasteiger partial charge is 0.243 e. The Morgan fingerprint density at radius 1 is 0.966 bits per heavy atom. The highest BCUT2D eigenvalue weighted by Crippen LogP contribution is 2.25. The molecule has 0 aromatic heterocycles. The molecule has 3 rings (SSSR count). The molecule has 1 aliphatic heterocycles. The van der Waals surface area contributed by atoms with Crippen molar-refractivity contribution in [2.75, 3.05) is 38.0 Å². The van der Waals surface area contributed by atoms with Gasteiger partial charge in [0.25, 0.3) is 0 Å². The quantitative estimate of drug-likeness (QED) is 0.747. The molecule has 2 aromatic carbocycles. The highest BCUT2D eigenvalue weighted by molar-refractivity contribution is 7.89. The van der Waals surface area contributed by atoms with Crippen molar-refractivity contribution in [3.8, 4) is 0 Å². The number of benzene rings is 2. The predicted octanol–water partition coefficient (Wildman–Crippen LogP) is 3.56. The Morgan fingerprint density at radius 2 is 1.66 bits per heavy atom. The fourth-order valence-corrected chi connectivity index (χ4v) is 4.93. The van der Waals surface area contributed by atoms with Gasteiger partial charge in [0.15, 0.2) is 0 Å². The standard InChI is InChI=1S/C20H23Cl2N3O3S/c1-14-3-5-17(11-15(14)2)29(27,28)25-9-7-24(8-10-25)13-20(26)23-16-4-6-18(21)19(22)12-16/h3-6,11-12H,7-10,13H2,1-2H3,(H,23,26). The average molecular weight is 456 g/mol. The molecule has 1 fully saturated rings. The Labute approximate surface area is 181 Å². The van der Waals surface area contributed by atoms with E-state index < -0.39 is 10.0 Å². The number of rotatable bonds is 5. The van der Waals surface area contributed by atoms with Gasteiger partial charge in [-0.3, -0.25) is 9.69 Å². The van der Waals surface area contributed by atoms with Crippen LogP contribution in [0, 0.1) is 13.8 Å². The van der Waals surface area contributed by atoms with Crippen LogP contribution in [-0.2, 0) is 14.8 Å². The Bertz CT molecular complexity index is 1020. The van der Waals surface area contributed by atoms with Gasteiger partial charge in [0, 0.05) is 31.9 Å². The summed E-state index contributed by atoms with van der Waals surface area (Å²) in [6, 6.07) is 10.1. The normalized spacial score (nSPS) is 16.0. The maximum absolute atomic E-state index is 12.9. The third kappa shape index (κ3) is 5.29. The van der Waals surface area contributed by atoms with Crippen LogP contribution in [0.15, 0.2) is 41.3 Å². The molecular formula is C20H23Cl2N3O3S. The van der Waals surface area contributed by atoms with Gasteiger partial charge in [-0.25, -0.2) is 8.42 Å². The Balaban J connectivity index is 1.56. The minimum Gasteiger partial charge on any atom is -0.325 e. The number of piperazine rings is 1. The van der Waals surface area contributed by atoms with Gasteiger partial charge in [-0.05, 0) is 55.3 Å². The van der Waals surface area contributed by atoms with E-state index in [1.165, 1.54) is 4.31 Å². The number of sulfonamides is 1. The summed E-state index contributed by atoms with van der Waals surface area (Å²) in [5.41, 5.74) is 2.57. The second kappa shape index (κ2) is 9.02. The Hall–Kier alpha value is -1.64. The third-order valence-electron chi connectivity index (χ3n) is 5.02. The largest absolute Gasteiger partial charge is 0.325 e. The highest BCUT2D eigenvalue weighted by Gasteiger charge is 2.29. The molecule has 156 valence electrons. The van der Waals surface area contributed by atoms with Crippen LogP contribution in [0.4, 0.5) is 5.69 Å². The lowest BCUT2D eigenvalue weighted by Crippen LogP contribution is -2.50. The molecular weight excluding hydrogens is 433 g/mol. The van der Waals surface area contributed by atoms with Crippen LogP contribution in [0.3, 0.4) is 0 Å². The number of hydrogen-bond donors (Lipinski definition) is 1. The summed E-state index contributed by atoms with van der Waals surface area (Å²) in [7, 11) is -3.53.